The molecule has 5 heteroatoms. The monoisotopic (exact) mass is 262 g/mol. The molecule has 1 aromatic carbocycles. The van der Waals surface area contributed by atoms with Crippen molar-refractivity contribution in [1.82, 2.24) is 9.55 Å². The van der Waals surface area contributed by atoms with Crippen LogP contribution in [0, 0.1) is 0 Å². The minimum Gasteiger partial charge on any atom is -0.478 e. The molecule has 1 heterocycles. The van der Waals surface area contributed by atoms with Gasteiger partial charge in [-0.15, -0.1) is 0 Å². The molecule has 0 radical (unpaired) electrons. The van der Waals surface area contributed by atoms with Gasteiger partial charge in [-0.05, 0) is 18.6 Å². The predicted octanol–water partition coefficient (Wildman–Crippen LogP) is 2.33. The molecule has 0 aliphatic heterocycles. The number of ether oxygens (including phenoxy) is 1. The van der Waals surface area contributed by atoms with Crippen LogP contribution in [-0.4, -0.2) is 34.3 Å². The summed E-state index contributed by atoms with van der Waals surface area (Å²) in [6.07, 6.45) is 1.80. The number of carbonyl (C=O) groups is 1. The Morgan fingerprint density at radius 3 is 2.89 bits per heavy atom. The maximum Gasteiger partial charge on any atom is 0.337 e. The first-order chi connectivity index (χ1) is 9.19. The van der Waals surface area contributed by atoms with E-state index in [1.165, 1.54) is 0 Å². The lowest BCUT2D eigenvalue weighted by Crippen LogP contribution is -2.10. The normalized spacial score (nSPS) is 11.1. The van der Waals surface area contributed by atoms with Crippen molar-refractivity contribution >= 4 is 17.0 Å². The molecule has 19 heavy (non-hydrogen) atoms. The quantitative estimate of drug-likeness (QED) is 0.867. The minimum atomic E-state index is -0.924. The third-order valence-corrected chi connectivity index (χ3v) is 3.07. The SMILES string of the molecule is CCCc1nc2cccc(C(=O)O)c2n1CCOC. The number of aromatic nitrogens is 2. The lowest BCUT2D eigenvalue weighted by atomic mass is 10.2. The van der Waals surface area contributed by atoms with Crippen molar-refractivity contribution < 1.29 is 14.6 Å². The first kappa shape index (κ1) is 13.5. The molecule has 0 aliphatic carbocycles. The molecule has 0 saturated carbocycles. The Balaban J connectivity index is 2.62. The van der Waals surface area contributed by atoms with Gasteiger partial charge in [-0.3, -0.25) is 0 Å². The maximum atomic E-state index is 11.3. The first-order valence-electron chi connectivity index (χ1n) is 6.39. The van der Waals surface area contributed by atoms with Crippen molar-refractivity contribution in [3.8, 4) is 0 Å². The van der Waals surface area contributed by atoms with Crippen LogP contribution in [0.2, 0.25) is 0 Å². The smallest absolute Gasteiger partial charge is 0.337 e. The van der Waals surface area contributed by atoms with E-state index in [9.17, 15) is 9.90 Å². The van der Waals surface area contributed by atoms with Gasteiger partial charge in [0.15, 0.2) is 0 Å². The molecule has 0 amide bonds. The number of nitrogens with zero attached hydrogens (tertiary/aromatic N) is 2. The van der Waals surface area contributed by atoms with Gasteiger partial charge < -0.3 is 14.4 Å². The molecule has 2 aromatic rings. The van der Waals surface area contributed by atoms with E-state index in [2.05, 4.69) is 11.9 Å². The van der Waals surface area contributed by atoms with E-state index < -0.39 is 5.97 Å². The van der Waals surface area contributed by atoms with Crippen LogP contribution in [0.5, 0.6) is 0 Å². The van der Waals surface area contributed by atoms with Gasteiger partial charge in [-0.1, -0.05) is 13.0 Å². The number of rotatable bonds is 6. The fourth-order valence-electron chi connectivity index (χ4n) is 2.24. The molecule has 0 fully saturated rings. The molecule has 102 valence electrons. The number of aryl methyl sites for hydroxylation is 1. The molecule has 5 nitrogen and oxygen atoms in total. The summed E-state index contributed by atoms with van der Waals surface area (Å²) < 4.78 is 7.07. The summed E-state index contributed by atoms with van der Waals surface area (Å²) in [6, 6.07) is 5.20. The summed E-state index contributed by atoms with van der Waals surface area (Å²) in [5.74, 6) is -0.00420. The number of carboxylic acid groups (broad SMARTS) is 1. The highest BCUT2D eigenvalue weighted by Crippen LogP contribution is 2.21. The highest BCUT2D eigenvalue weighted by atomic mass is 16.5. The summed E-state index contributed by atoms with van der Waals surface area (Å²) in [4.78, 5) is 15.9. The van der Waals surface area contributed by atoms with E-state index in [1.807, 2.05) is 10.6 Å². The van der Waals surface area contributed by atoms with Gasteiger partial charge in [0.1, 0.15) is 5.82 Å². The number of imidazole rings is 1. The standard InChI is InChI=1S/C14H18N2O3/c1-3-5-12-15-11-7-4-6-10(14(17)18)13(11)16(12)8-9-19-2/h4,6-7H,3,5,8-9H2,1-2H3,(H,17,18). The van der Waals surface area contributed by atoms with Crippen LogP contribution in [0.3, 0.4) is 0 Å². The molecule has 0 bridgehead atoms. The van der Waals surface area contributed by atoms with E-state index in [4.69, 9.17) is 4.74 Å². The Bertz CT molecular complexity index is 590. The zero-order valence-corrected chi connectivity index (χ0v) is 11.2. The molecule has 0 unspecified atom stereocenters. The van der Waals surface area contributed by atoms with Gasteiger partial charge in [-0.25, -0.2) is 9.78 Å². The molecule has 0 aliphatic rings. The van der Waals surface area contributed by atoms with Crippen molar-refractivity contribution in [1.29, 1.82) is 0 Å². The lowest BCUT2D eigenvalue weighted by molar-refractivity contribution is 0.0698. The number of para-hydroxylation sites is 1. The van der Waals surface area contributed by atoms with Crippen molar-refractivity contribution in [2.24, 2.45) is 0 Å². The highest BCUT2D eigenvalue weighted by Gasteiger charge is 2.16. The maximum absolute atomic E-state index is 11.3. The number of fused-ring (bicyclic) bond motifs is 1. The van der Waals surface area contributed by atoms with Gasteiger partial charge in [0, 0.05) is 20.1 Å². The minimum absolute atomic E-state index is 0.295. The van der Waals surface area contributed by atoms with Crippen LogP contribution >= 0.6 is 0 Å². The second kappa shape index (κ2) is 5.84. The van der Waals surface area contributed by atoms with Crippen LogP contribution in [0.25, 0.3) is 11.0 Å². The zero-order chi connectivity index (χ0) is 13.8. The molecule has 2 rings (SSSR count). The van der Waals surface area contributed by atoms with Crippen LogP contribution in [0.4, 0.5) is 0 Å². The highest BCUT2D eigenvalue weighted by molar-refractivity contribution is 6.01. The van der Waals surface area contributed by atoms with Crippen LogP contribution in [-0.2, 0) is 17.7 Å². The number of carboxylic acids is 1. The van der Waals surface area contributed by atoms with Crippen molar-refractivity contribution in [3.63, 3.8) is 0 Å². The zero-order valence-electron chi connectivity index (χ0n) is 11.2. The van der Waals surface area contributed by atoms with Crippen LogP contribution < -0.4 is 0 Å². The van der Waals surface area contributed by atoms with Gasteiger partial charge in [-0.2, -0.15) is 0 Å². The summed E-state index contributed by atoms with van der Waals surface area (Å²) in [7, 11) is 1.64. The molecule has 1 aromatic heterocycles. The second-order valence-electron chi connectivity index (χ2n) is 4.40. The Kier molecular flexibility index (Phi) is 4.16. The van der Waals surface area contributed by atoms with E-state index >= 15 is 0 Å². The predicted molar refractivity (Wildman–Crippen MR) is 72.6 cm³/mol. The number of aromatic carboxylic acids is 1. The van der Waals surface area contributed by atoms with Crippen molar-refractivity contribution in [2.45, 2.75) is 26.3 Å². The number of benzene rings is 1. The van der Waals surface area contributed by atoms with Gasteiger partial charge >= 0.3 is 5.97 Å². The fraction of sp³-hybridized carbons (Fsp3) is 0.429. The Labute approximate surface area is 111 Å². The Morgan fingerprint density at radius 1 is 1.47 bits per heavy atom. The molecular weight excluding hydrogens is 244 g/mol. The van der Waals surface area contributed by atoms with Gasteiger partial charge in [0.05, 0.1) is 23.2 Å². The molecular formula is C14H18N2O3. The largest absolute Gasteiger partial charge is 0.478 e. The third-order valence-electron chi connectivity index (χ3n) is 3.07. The third kappa shape index (κ3) is 2.61. The van der Waals surface area contributed by atoms with Crippen molar-refractivity contribution in [3.05, 3.63) is 29.6 Å². The molecule has 0 spiro atoms. The molecule has 1 N–H and O–H groups in total. The van der Waals surface area contributed by atoms with E-state index in [0.717, 1.165) is 24.2 Å². The average Bonchev–Trinajstić information content (AvgIpc) is 2.74. The topological polar surface area (TPSA) is 64.3 Å². The molecule has 0 atom stereocenters. The lowest BCUT2D eigenvalue weighted by Gasteiger charge is -2.09. The summed E-state index contributed by atoms with van der Waals surface area (Å²) in [6.45, 7) is 3.24. The second-order valence-corrected chi connectivity index (χ2v) is 4.40. The van der Waals surface area contributed by atoms with Gasteiger partial charge in [0.25, 0.3) is 0 Å². The molecule has 0 saturated heterocycles. The van der Waals surface area contributed by atoms with E-state index in [-0.39, 0.29) is 0 Å². The van der Waals surface area contributed by atoms with Crippen LogP contribution in [0.15, 0.2) is 18.2 Å². The average molecular weight is 262 g/mol. The Morgan fingerprint density at radius 2 is 2.26 bits per heavy atom. The number of hydrogen-bond donors (Lipinski definition) is 1. The summed E-state index contributed by atoms with van der Waals surface area (Å²) in [5.41, 5.74) is 1.72. The summed E-state index contributed by atoms with van der Waals surface area (Å²) >= 11 is 0. The summed E-state index contributed by atoms with van der Waals surface area (Å²) in [5, 5.41) is 9.30. The Hall–Kier alpha value is -1.88. The number of hydrogen-bond acceptors (Lipinski definition) is 3. The first-order valence-corrected chi connectivity index (χ1v) is 6.39. The number of methoxy groups -OCH3 is 1. The van der Waals surface area contributed by atoms with Crippen LogP contribution in [0.1, 0.15) is 29.5 Å². The van der Waals surface area contributed by atoms with Gasteiger partial charge in [0.2, 0.25) is 0 Å². The van der Waals surface area contributed by atoms with E-state index in [0.29, 0.717) is 24.2 Å². The fourth-order valence-corrected chi connectivity index (χ4v) is 2.24. The van der Waals surface area contributed by atoms with Crippen molar-refractivity contribution in [2.75, 3.05) is 13.7 Å². The van der Waals surface area contributed by atoms with E-state index in [1.54, 1.807) is 19.2 Å².